The molecule has 0 saturated heterocycles. The Kier molecular flexibility index (Phi) is 3.38. The molecule has 0 heterocycles. The Hall–Kier alpha value is -1.43. The average molecular weight is 262 g/mol. The largest absolute Gasteiger partial charge is 0.573 e. The molecule has 1 aliphatic rings. The third kappa shape index (κ3) is 3.29. The molecule has 2 rings (SSSR count). The number of alkyl halides is 3. The van der Waals surface area contributed by atoms with E-state index in [0.29, 0.717) is 24.2 Å². The lowest BCUT2D eigenvalue weighted by Crippen LogP contribution is -2.37. The summed E-state index contributed by atoms with van der Waals surface area (Å²) >= 11 is 0. The van der Waals surface area contributed by atoms with Crippen molar-refractivity contribution in [3.8, 4) is 11.5 Å². The minimum Gasteiger partial charge on any atom is -0.490 e. The molecule has 1 aliphatic carbocycles. The number of hydrogen-bond acceptors (Lipinski definition) is 3. The molecule has 1 saturated carbocycles. The Balaban J connectivity index is 2.06. The van der Waals surface area contributed by atoms with Gasteiger partial charge in [-0.25, -0.2) is 0 Å². The molecule has 0 unspecified atom stereocenters. The van der Waals surface area contributed by atoms with E-state index in [0.717, 1.165) is 0 Å². The predicted octanol–water partition coefficient (Wildman–Crippen LogP) is 2.80. The lowest BCUT2D eigenvalue weighted by atomic mass is 9.92. The second kappa shape index (κ2) is 4.68. The van der Waals surface area contributed by atoms with Crippen molar-refractivity contribution >= 4 is 0 Å². The van der Waals surface area contributed by atoms with Gasteiger partial charge in [0.15, 0.2) is 0 Å². The van der Waals surface area contributed by atoms with Crippen molar-refractivity contribution in [2.45, 2.75) is 38.3 Å². The zero-order valence-electron chi connectivity index (χ0n) is 9.70. The van der Waals surface area contributed by atoms with E-state index in [1.807, 2.05) is 0 Å². The molecule has 18 heavy (non-hydrogen) atoms. The first-order valence-electron chi connectivity index (χ1n) is 5.54. The Labute approximate surface area is 102 Å². The van der Waals surface area contributed by atoms with Gasteiger partial charge in [0, 0.05) is 18.9 Å². The van der Waals surface area contributed by atoms with Crippen LogP contribution in [0.15, 0.2) is 18.2 Å². The first-order chi connectivity index (χ1) is 8.33. The molecule has 0 spiro atoms. The fraction of sp³-hybridized carbons (Fsp3) is 0.500. The lowest BCUT2D eigenvalue weighted by Gasteiger charge is -2.31. The van der Waals surface area contributed by atoms with E-state index in [1.54, 1.807) is 6.07 Å². The first kappa shape index (κ1) is 13.0. The maximum Gasteiger partial charge on any atom is 0.573 e. The standard InChI is InChI=1S/C12H13F3O3/c1-7-2-3-9(17-10-4-8(16)5-10)6-11(7)18-12(13,14)15/h2-3,6,8,10,16H,4-5H2,1H3. The van der Waals surface area contributed by atoms with Crippen LogP contribution in [0.1, 0.15) is 18.4 Å². The number of halogens is 3. The molecule has 100 valence electrons. The third-order valence-electron chi connectivity index (χ3n) is 2.76. The van der Waals surface area contributed by atoms with Crippen LogP contribution in [0.3, 0.4) is 0 Å². The van der Waals surface area contributed by atoms with E-state index < -0.39 is 6.36 Å². The van der Waals surface area contributed by atoms with Crippen LogP contribution in [0.5, 0.6) is 11.5 Å². The van der Waals surface area contributed by atoms with Crippen LogP contribution >= 0.6 is 0 Å². The van der Waals surface area contributed by atoms with Crippen LogP contribution in [-0.2, 0) is 0 Å². The minimum atomic E-state index is -4.71. The van der Waals surface area contributed by atoms with Gasteiger partial charge in [-0.3, -0.25) is 0 Å². The van der Waals surface area contributed by atoms with Crippen LogP contribution in [-0.4, -0.2) is 23.7 Å². The van der Waals surface area contributed by atoms with Crippen molar-refractivity contribution in [3.05, 3.63) is 23.8 Å². The molecular weight excluding hydrogens is 249 g/mol. The predicted molar refractivity (Wildman–Crippen MR) is 57.5 cm³/mol. The summed E-state index contributed by atoms with van der Waals surface area (Å²) in [5, 5.41) is 9.09. The molecule has 1 fully saturated rings. The molecule has 6 heteroatoms. The van der Waals surface area contributed by atoms with Gasteiger partial charge in [-0.05, 0) is 18.6 Å². The van der Waals surface area contributed by atoms with E-state index in [4.69, 9.17) is 9.84 Å². The number of aliphatic hydroxyl groups is 1. The van der Waals surface area contributed by atoms with Crippen LogP contribution in [0.4, 0.5) is 13.2 Å². The van der Waals surface area contributed by atoms with Crippen molar-refractivity contribution < 1.29 is 27.8 Å². The van der Waals surface area contributed by atoms with Gasteiger partial charge in [-0.1, -0.05) is 6.07 Å². The van der Waals surface area contributed by atoms with Crippen LogP contribution < -0.4 is 9.47 Å². The molecule has 0 aliphatic heterocycles. The molecule has 1 N–H and O–H groups in total. The molecule has 0 amide bonds. The smallest absolute Gasteiger partial charge is 0.490 e. The molecule has 1 aromatic carbocycles. The van der Waals surface area contributed by atoms with Gasteiger partial charge >= 0.3 is 6.36 Å². The molecule has 0 atom stereocenters. The first-order valence-corrected chi connectivity index (χ1v) is 5.54. The molecule has 0 aromatic heterocycles. The minimum absolute atomic E-state index is 0.138. The summed E-state index contributed by atoms with van der Waals surface area (Å²) in [6.07, 6.45) is -4.21. The number of benzene rings is 1. The summed E-state index contributed by atoms with van der Waals surface area (Å²) in [6.45, 7) is 1.53. The van der Waals surface area contributed by atoms with E-state index in [9.17, 15) is 13.2 Å². The molecular formula is C12H13F3O3. The van der Waals surface area contributed by atoms with E-state index in [2.05, 4.69) is 4.74 Å². The summed E-state index contributed by atoms with van der Waals surface area (Å²) in [7, 11) is 0. The normalized spacial score (nSPS) is 23.4. The van der Waals surface area contributed by atoms with Gasteiger partial charge in [0.25, 0.3) is 0 Å². The monoisotopic (exact) mass is 262 g/mol. The topological polar surface area (TPSA) is 38.7 Å². The van der Waals surface area contributed by atoms with Gasteiger partial charge in [-0.2, -0.15) is 0 Å². The van der Waals surface area contributed by atoms with Crippen LogP contribution in [0, 0.1) is 6.92 Å². The van der Waals surface area contributed by atoms with Crippen LogP contribution in [0.2, 0.25) is 0 Å². The quantitative estimate of drug-likeness (QED) is 0.910. The van der Waals surface area contributed by atoms with Crippen LogP contribution in [0.25, 0.3) is 0 Å². The highest BCUT2D eigenvalue weighted by Crippen LogP contribution is 2.32. The number of aryl methyl sites for hydroxylation is 1. The number of ether oxygens (including phenoxy) is 2. The van der Waals surface area contributed by atoms with Gasteiger partial charge in [-0.15, -0.1) is 13.2 Å². The van der Waals surface area contributed by atoms with Crippen molar-refractivity contribution in [1.29, 1.82) is 0 Å². The zero-order valence-corrected chi connectivity index (χ0v) is 9.70. The number of hydrogen-bond donors (Lipinski definition) is 1. The maximum absolute atomic E-state index is 12.1. The van der Waals surface area contributed by atoms with Gasteiger partial charge < -0.3 is 14.6 Å². The summed E-state index contributed by atoms with van der Waals surface area (Å²) in [5.74, 6) is 0.0524. The van der Waals surface area contributed by atoms with Gasteiger partial charge in [0.05, 0.1) is 6.10 Å². The van der Waals surface area contributed by atoms with Crippen molar-refractivity contribution in [1.82, 2.24) is 0 Å². The highest BCUT2D eigenvalue weighted by Gasteiger charge is 2.32. The second-order valence-corrected chi connectivity index (χ2v) is 4.34. The molecule has 1 aromatic rings. The Morgan fingerprint density at radius 1 is 1.28 bits per heavy atom. The van der Waals surface area contributed by atoms with Crippen molar-refractivity contribution in [2.75, 3.05) is 0 Å². The molecule has 0 bridgehead atoms. The fourth-order valence-electron chi connectivity index (χ4n) is 1.71. The molecule has 0 radical (unpaired) electrons. The lowest BCUT2D eigenvalue weighted by molar-refractivity contribution is -0.274. The SMILES string of the molecule is Cc1ccc(OC2CC(O)C2)cc1OC(F)(F)F. The van der Waals surface area contributed by atoms with E-state index >= 15 is 0 Å². The zero-order chi connectivity index (χ0) is 13.3. The second-order valence-electron chi connectivity index (χ2n) is 4.34. The maximum atomic E-state index is 12.1. The van der Waals surface area contributed by atoms with Crippen molar-refractivity contribution in [3.63, 3.8) is 0 Å². The summed E-state index contributed by atoms with van der Waals surface area (Å²) < 4.78 is 45.8. The summed E-state index contributed by atoms with van der Waals surface area (Å²) in [4.78, 5) is 0. The van der Waals surface area contributed by atoms with E-state index in [1.165, 1.54) is 19.1 Å². The highest BCUT2D eigenvalue weighted by molar-refractivity contribution is 5.40. The Bertz CT molecular complexity index is 425. The third-order valence-corrected chi connectivity index (χ3v) is 2.76. The fourth-order valence-corrected chi connectivity index (χ4v) is 1.71. The van der Waals surface area contributed by atoms with Gasteiger partial charge in [0.2, 0.25) is 0 Å². The Morgan fingerprint density at radius 3 is 2.50 bits per heavy atom. The number of rotatable bonds is 3. The van der Waals surface area contributed by atoms with Crippen molar-refractivity contribution in [2.24, 2.45) is 0 Å². The summed E-state index contributed by atoms with van der Waals surface area (Å²) in [5.41, 5.74) is 0.383. The van der Waals surface area contributed by atoms with Gasteiger partial charge in [0.1, 0.15) is 17.6 Å². The molecule has 3 nitrogen and oxygen atoms in total. The average Bonchev–Trinajstić information content (AvgIpc) is 2.18. The Morgan fingerprint density at radius 2 is 1.94 bits per heavy atom. The highest BCUT2D eigenvalue weighted by atomic mass is 19.4. The summed E-state index contributed by atoms with van der Waals surface area (Å²) in [6, 6.07) is 4.31. The van der Waals surface area contributed by atoms with E-state index in [-0.39, 0.29) is 18.0 Å². The number of aliphatic hydroxyl groups excluding tert-OH is 1.